The highest BCUT2D eigenvalue weighted by atomic mass is 16.3. The fourth-order valence-corrected chi connectivity index (χ4v) is 2.15. The second-order valence-corrected chi connectivity index (χ2v) is 4.50. The fraction of sp³-hybridized carbons (Fsp3) is 0.636. The van der Waals surface area contributed by atoms with Gasteiger partial charge in [-0.15, -0.1) is 0 Å². The predicted molar refractivity (Wildman–Crippen MR) is 63.0 cm³/mol. The molecule has 1 saturated carbocycles. The van der Waals surface area contributed by atoms with Gasteiger partial charge in [-0.2, -0.15) is 5.10 Å². The Kier molecular flexibility index (Phi) is 3.63. The maximum absolute atomic E-state index is 11.7. The van der Waals surface area contributed by atoms with E-state index in [1.165, 1.54) is 10.9 Å². The van der Waals surface area contributed by atoms with E-state index in [2.05, 4.69) is 10.4 Å². The van der Waals surface area contributed by atoms with E-state index in [1.807, 2.05) is 0 Å². The smallest absolute Gasteiger partial charge is 0.242 e. The number of nitrogens with two attached hydrogens (primary N) is 1. The summed E-state index contributed by atoms with van der Waals surface area (Å²) in [5.41, 5.74) is 6.04. The quantitative estimate of drug-likeness (QED) is 0.684. The Morgan fingerprint density at radius 3 is 3.00 bits per heavy atom. The molecule has 1 amide bonds. The number of hydrogen-bond donors (Lipinski definition) is 3. The molecule has 1 aromatic heterocycles. The second kappa shape index (κ2) is 5.18. The van der Waals surface area contributed by atoms with Gasteiger partial charge in [0.25, 0.3) is 0 Å². The minimum absolute atomic E-state index is 0.121. The van der Waals surface area contributed by atoms with Crippen LogP contribution in [-0.2, 0) is 11.3 Å². The SMILES string of the molecule is Nc1cnn(CC(=O)N[C@H]2CCCC[C@@H]2O)c1. The highest BCUT2D eigenvalue weighted by Gasteiger charge is 2.24. The summed E-state index contributed by atoms with van der Waals surface area (Å²) in [6, 6.07) is -0.121. The molecule has 2 rings (SSSR count). The van der Waals surface area contributed by atoms with Gasteiger partial charge in [0.1, 0.15) is 6.54 Å². The Morgan fingerprint density at radius 1 is 1.59 bits per heavy atom. The summed E-state index contributed by atoms with van der Waals surface area (Å²) >= 11 is 0. The number of aliphatic hydroxyl groups is 1. The van der Waals surface area contributed by atoms with Crippen LogP contribution in [0.25, 0.3) is 0 Å². The van der Waals surface area contributed by atoms with Gasteiger partial charge in [-0.3, -0.25) is 9.48 Å². The summed E-state index contributed by atoms with van der Waals surface area (Å²) in [7, 11) is 0. The molecule has 0 aromatic carbocycles. The molecule has 0 unspecified atom stereocenters. The molecule has 0 radical (unpaired) electrons. The first-order valence-electron chi connectivity index (χ1n) is 5.90. The molecule has 1 aliphatic rings. The van der Waals surface area contributed by atoms with Crippen LogP contribution in [0.15, 0.2) is 12.4 Å². The number of anilines is 1. The van der Waals surface area contributed by atoms with Crippen molar-refractivity contribution < 1.29 is 9.90 Å². The lowest BCUT2D eigenvalue weighted by atomic mass is 9.92. The highest BCUT2D eigenvalue weighted by Crippen LogP contribution is 2.18. The molecular formula is C11H18N4O2. The van der Waals surface area contributed by atoms with Crippen molar-refractivity contribution in [1.82, 2.24) is 15.1 Å². The maximum Gasteiger partial charge on any atom is 0.242 e. The number of carbonyl (C=O) groups excluding carboxylic acids is 1. The molecule has 0 aliphatic heterocycles. The third kappa shape index (κ3) is 3.20. The van der Waals surface area contributed by atoms with E-state index < -0.39 is 6.10 Å². The van der Waals surface area contributed by atoms with E-state index >= 15 is 0 Å². The Morgan fingerprint density at radius 2 is 2.35 bits per heavy atom. The number of nitrogen functional groups attached to an aromatic ring is 1. The molecule has 6 heteroatoms. The number of hydrogen-bond acceptors (Lipinski definition) is 4. The number of carbonyl (C=O) groups is 1. The lowest BCUT2D eigenvalue weighted by Gasteiger charge is -2.28. The van der Waals surface area contributed by atoms with Gasteiger partial charge in [0.15, 0.2) is 0 Å². The molecule has 94 valence electrons. The van der Waals surface area contributed by atoms with Crippen LogP contribution in [0.2, 0.25) is 0 Å². The van der Waals surface area contributed by atoms with Crippen molar-refractivity contribution in [3.63, 3.8) is 0 Å². The molecule has 4 N–H and O–H groups in total. The van der Waals surface area contributed by atoms with Crippen LogP contribution in [0.3, 0.4) is 0 Å². The van der Waals surface area contributed by atoms with Crippen LogP contribution in [0.1, 0.15) is 25.7 Å². The summed E-state index contributed by atoms with van der Waals surface area (Å²) in [5.74, 6) is -0.140. The lowest BCUT2D eigenvalue weighted by molar-refractivity contribution is -0.123. The number of nitrogens with zero attached hydrogens (tertiary/aromatic N) is 2. The fourth-order valence-electron chi connectivity index (χ4n) is 2.15. The first kappa shape index (κ1) is 11.9. The molecule has 1 fully saturated rings. The van der Waals surface area contributed by atoms with Gasteiger partial charge >= 0.3 is 0 Å². The van der Waals surface area contributed by atoms with Gasteiger partial charge in [0.2, 0.25) is 5.91 Å². The molecule has 17 heavy (non-hydrogen) atoms. The van der Waals surface area contributed by atoms with Crippen molar-refractivity contribution in [3.8, 4) is 0 Å². The molecular weight excluding hydrogens is 220 g/mol. The van der Waals surface area contributed by atoms with Crippen LogP contribution in [0, 0.1) is 0 Å². The number of nitrogens with one attached hydrogen (secondary N) is 1. The second-order valence-electron chi connectivity index (χ2n) is 4.50. The van der Waals surface area contributed by atoms with Crippen molar-refractivity contribution in [1.29, 1.82) is 0 Å². The van der Waals surface area contributed by atoms with Gasteiger partial charge < -0.3 is 16.2 Å². The van der Waals surface area contributed by atoms with Crippen LogP contribution < -0.4 is 11.1 Å². The first-order chi connectivity index (χ1) is 8.15. The van der Waals surface area contributed by atoms with Crippen LogP contribution in [0.5, 0.6) is 0 Å². The predicted octanol–water partition coefficient (Wildman–Crippen LogP) is -0.115. The molecule has 0 saturated heterocycles. The minimum atomic E-state index is -0.421. The Balaban J connectivity index is 1.84. The van der Waals surface area contributed by atoms with Gasteiger partial charge in [-0.05, 0) is 12.8 Å². The van der Waals surface area contributed by atoms with Crippen molar-refractivity contribution in [2.75, 3.05) is 5.73 Å². The number of rotatable bonds is 3. The van der Waals surface area contributed by atoms with Gasteiger partial charge in [0, 0.05) is 6.20 Å². The zero-order valence-corrected chi connectivity index (χ0v) is 9.67. The first-order valence-corrected chi connectivity index (χ1v) is 5.90. The van der Waals surface area contributed by atoms with E-state index in [0.29, 0.717) is 5.69 Å². The number of amides is 1. The average Bonchev–Trinajstić information content (AvgIpc) is 2.67. The van der Waals surface area contributed by atoms with Gasteiger partial charge in [0.05, 0.1) is 24.0 Å². The number of aliphatic hydroxyl groups excluding tert-OH is 1. The molecule has 1 heterocycles. The van der Waals surface area contributed by atoms with E-state index in [1.54, 1.807) is 6.20 Å². The van der Waals surface area contributed by atoms with E-state index in [0.717, 1.165) is 25.7 Å². The van der Waals surface area contributed by atoms with Crippen molar-refractivity contribution in [2.45, 2.75) is 44.4 Å². The molecule has 1 aliphatic carbocycles. The largest absolute Gasteiger partial charge is 0.396 e. The van der Waals surface area contributed by atoms with Crippen molar-refractivity contribution in [3.05, 3.63) is 12.4 Å². The van der Waals surface area contributed by atoms with Crippen molar-refractivity contribution in [2.24, 2.45) is 0 Å². The highest BCUT2D eigenvalue weighted by molar-refractivity contribution is 5.76. The van der Waals surface area contributed by atoms with Crippen LogP contribution >= 0.6 is 0 Å². The van der Waals surface area contributed by atoms with E-state index in [9.17, 15) is 9.90 Å². The molecule has 6 nitrogen and oxygen atoms in total. The van der Waals surface area contributed by atoms with E-state index in [4.69, 9.17) is 5.73 Å². The Bertz CT molecular complexity index is 391. The normalized spacial score (nSPS) is 24.5. The number of aromatic nitrogens is 2. The lowest BCUT2D eigenvalue weighted by Crippen LogP contribution is -2.46. The molecule has 0 spiro atoms. The Labute approximate surface area is 99.8 Å². The summed E-state index contributed by atoms with van der Waals surface area (Å²) in [6.07, 6.45) is 6.38. The topological polar surface area (TPSA) is 93.2 Å². The standard InChI is InChI=1S/C11H18N4O2/c12-8-5-13-15(6-8)7-11(17)14-9-3-1-2-4-10(9)16/h5-6,9-10,16H,1-4,7,12H2,(H,14,17)/t9-,10-/m0/s1. The summed E-state index contributed by atoms with van der Waals surface area (Å²) < 4.78 is 1.49. The Hall–Kier alpha value is -1.56. The summed E-state index contributed by atoms with van der Waals surface area (Å²) in [4.78, 5) is 11.7. The monoisotopic (exact) mass is 238 g/mol. The van der Waals surface area contributed by atoms with Crippen LogP contribution in [0.4, 0.5) is 5.69 Å². The van der Waals surface area contributed by atoms with Crippen molar-refractivity contribution >= 4 is 11.6 Å². The average molecular weight is 238 g/mol. The third-order valence-electron chi connectivity index (χ3n) is 3.03. The summed E-state index contributed by atoms with van der Waals surface area (Å²) in [6.45, 7) is 0.139. The van der Waals surface area contributed by atoms with E-state index in [-0.39, 0.29) is 18.5 Å². The molecule has 2 atom stereocenters. The van der Waals surface area contributed by atoms with Crippen LogP contribution in [-0.4, -0.2) is 32.9 Å². The molecule has 1 aromatic rings. The van der Waals surface area contributed by atoms with Gasteiger partial charge in [-0.1, -0.05) is 12.8 Å². The zero-order chi connectivity index (χ0) is 12.3. The van der Waals surface area contributed by atoms with Gasteiger partial charge in [-0.25, -0.2) is 0 Å². The third-order valence-corrected chi connectivity index (χ3v) is 3.03. The molecule has 0 bridgehead atoms. The summed E-state index contributed by atoms with van der Waals surface area (Å²) in [5, 5.41) is 16.5. The maximum atomic E-state index is 11.7. The minimum Gasteiger partial charge on any atom is -0.396 e. The zero-order valence-electron chi connectivity index (χ0n) is 9.67.